The molecule has 0 atom stereocenters. The minimum atomic E-state index is -0.491. The first kappa shape index (κ1) is 9.79. The molecule has 4 nitrogen and oxygen atoms in total. The Morgan fingerprint density at radius 3 is 3.07 bits per heavy atom. The molecule has 76 valence electrons. The van der Waals surface area contributed by atoms with Crippen molar-refractivity contribution in [2.75, 3.05) is 0 Å². The van der Waals surface area contributed by atoms with Gasteiger partial charge in [-0.15, -0.1) is 11.3 Å². The van der Waals surface area contributed by atoms with E-state index >= 15 is 0 Å². The zero-order valence-corrected chi connectivity index (χ0v) is 8.70. The van der Waals surface area contributed by atoms with Gasteiger partial charge in [0.2, 0.25) is 0 Å². The molecule has 2 rings (SSSR count). The molecule has 5 heteroatoms. The van der Waals surface area contributed by atoms with Crippen LogP contribution in [0.2, 0.25) is 0 Å². The fraction of sp³-hybridized carbons (Fsp3) is 0.100. The zero-order valence-electron chi connectivity index (χ0n) is 7.88. The third kappa shape index (κ3) is 2.19. The van der Waals surface area contributed by atoms with E-state index in [0.29, 0.717) is 12.1 Å². The fourth-order valence-corrected chi connectivity index (χ4v) is 1.94. The second-order valence-corrected chi connectivity index (χ2v) is 3.99. The largest absolute Gasteiger partial charge is 0.364 e. The van der Waals surface area contributed by atoms with Gasteiger partial charge in [0.1, 0.15) is 5.69 Å². The van der Waals surface area contributed by atoms with Crippen LogP contribution in [-0.2, 0) is 6.42 Å². The highest BCUT2D eigenvalue weighted by Crippen LogP contribution is 2.14. The number of aromatic nitrogens is 2. The molecule has 0 aliphatic heterocycles. The van der Waals surface area contributed by atoms with Crippen molar-refractivity contribution >= 4 is 17.2 Å². The predicted molar refractivity (Wildman–Crippen MR) is 57.7 cm³/mol. The van der Waals surface area contributed by atoms with Crippen LogP contribution < -0.4 is 5.73 Å². The smallest absolute Gasteiger partial charge is 0.267 e. The maximum Gasteiger partial charge on any atom is 0.267 e. The van der Waals surface area contributed by atoms with E-state index in [1.165, 1.54) is 0 Å². The maximum absolute atomic E-state index is 11.1. The van der Waals surface area contributed by atoms with Gasteiger partial charge in [-0.05, 0) is 11.6 Å². The molecule has 0 aliphatic carbocycles. The monoisotopic (exact) mass is 219 g/mol. The Balaban J connectivity index is 2.32. The van der Waals surface area contributed by atoms with Crippen molar-refractivity contribution in [2.45, 2.75) is 6.42 Å². The predicted octanol–water partition coefficient (Wildman–Crippen LogP) is 1.23. The summed E-state index contributed by atoms with van der Waals surface area (Å²) in [5.74, 6) is -0.491. The molecule has 0 saturated carbocycles. The van der Waals surface area contributed by atoms with Crippen molar-refractivity contribution in [1.29, 1.82) is 0 Å². The first-order chi connectivity index (χ1) is 7.27. The summed E-state index contributed by atoms with van der Waals surface area (Å²) in [5.41, 5.74) is 8.17. The second-order valence-electron chi connectivity index (χ2n) is 3.02. The van der Waals surface area contributed by atoms with E-state index in [4.69, 9.17) is 5.73 Å². The van der Waals surface area contributed by atoms with Crippen molar-refractivity contribution in [3.05, 3.63) is 46.2 Å². The van der Waals surface area contributed by atoms with Crippen molar-refractivity contribution in [3.8, 4) is 0 Å². The average molecular weight is 219 g/mol. The minimum Gasteiger partial charge on any atom is -0.364 e. The van der Waals surface area contributed by atoms with Gasteiger partial charge in [-0.3, -0.25) is 14.8 Å². The third-order valence-electron chi connectivity index (χ3n) is 1.97. The number of carbonyl (C=O) groups is 1. The fourth-order valence-electron chi connectivity index (χ4n) is 1.32. The van der Waals surface area contributed by atoms with Crippen LogP contribution >= 0.6 is 11.3 Å². The Hall–Kier alpha value is -1.75. The van der Waals surface area contributed by atoms with E-state index in [1.807, 2.05) is 6.07 Å². The normalized spacial score (nSPS) is 10.1. The first-order valence-corrected chi connectivity index (χ1v) is 5.26. The van der Waals surface area contributed by atoms with Gasteiger partial charge in [0, 0.05) is 23.7 Å². The summed E-state index contributed by atoms with van der Waals surface area (Å²) < 4.78 is 0. The van der Waals surface area contributed by atoms with E-state index in [9.17, 15) is 4.79 Å². The van der Waals surface area contributed by atoms with Crippen LogP contribution in [0.3, 0.4) is 0 Å². The van der Waals surface area contributed by atoms with Gasteiger partial charge in [0.05, 0.1) is 5.51 Å². The number of nitrogens with zero attached hydrogens (tertiary/aromatic N) is 2. The van der Waals surface area contributed by atoms with Gasteiger partial charge in [-0.1, -0.05) is 6.07 Å². The third-order valence-corrected chi connectivity index (χ3v) is 2.75. The molecule has 0 bridgehead atoms. The number of rotatable bonds is 3. The van der Waals surface area contributed by atoms with Gasteiger partial charge in [0.15, 0.2) is 0 Å². The van der Waals surface area contributed by atoms with Crippen molar-refractivity contribution in [3.63, 3.8) is 0 Å². The zero-order chi connectivity index (χ0) is 10.7. The van der Waals surface area contributed by atoms with Gasteiger partial charge < -0.3 is 5.73 Å². The summed E-state index contributed by atoms with van der Waals surface area (Å²) in [6.07, 6.45) is 4.00. The van der Waals surface area contributed by atoms with Crippen LogP contribution in [-0.4, -0.2) is 15.9 Å². The molecule has 0 fully saturated rings. The lowest BCUT2D eigenvalue weighted by molar-refractivity contribution is 0.0995. The Labute approximate surface area is 90.8 Å². The number of pyridine rings is 1. The highest BCUT2D eigenvalue weighted by Gasteiger charge is 2.09. The molecule has 0 unspecified atom stereocenters. The van der Waals surface area contributed by atoms with Crippen LogP contribution in [0.1, 0.15) is 20.9 Å². The van der Waals surface area contributed by atoms with Crippen molar-refractivity contribution in [1.82, 2.24) is 9.97 Å². The van der Waals surface area contributed by atoms with Gasteiger partial charge in [-0.2, -0.15) is 0 Å². The molecule has 2 aromatic rings. The Kier molecular flexibility index (Phi) is 2.73. The number of thiazole rings is 1. The quantitative estimate of drug-likeness (QED) is 0.844. The summed E-state index contributed by atoms with van der Waals surface area (Å²) in [6, 6.07) is 3.65. The molecular formula is C10H9N3OS. The van der Waals surface area contributed by atoms with E-state index in [0.717, 1.165) is 10.4 Å². The topological polar surface area (TPSA) is 68.9 Å². The van der Waals surface area contributed by atoms with Crippen LogP contribution in [0, 0.1) is 0 Å². The van der Waals surface area contributed by atoms with Crippen LogP contribution in [0.25, 0.3) is 0 Å². The lowest BCUT2D eigenvalue weighted by Crippen LogP contribution is -2.15. The highest BCUT2D eigenvalue weighted by atomic mass is 32.1. The summed E-state index contributed by atoms with van der Waals surface area (Å²) in [4.78, 5) is 20.1. The molecule has 0 aromatic carbocycles. The molecule has 15 heavy (non-hydrogen) atoms. The molecule has 2 heterocycles. The SMILES string of the molecule is NC(=O)c1ncccc1Cc1cncs1. The van der Waals surface area contributed by atoms with Gasteiger partial charge in [-0.25, -0.2) is 0 Å². The number of hydrogen-bond donors (Lipinski definition) is 1. The Morgan fingerprint density at radius 1 is 1.53 bits per heavy atom. The number of amides is 1. The van der Waals surface area contributed by atoms with E-state index < -0.39 is 5.91 Å². The number of nitrogens with two attached hydrogens (primary N) is 1. The van der Waals surface area contributed by atoms with Crippen LogP contribution in [0.15, 0.2) is 30.0 Å². The van der Waals surface area contributed by atoms with Gasteiger partial charge >= 0.3 is 0 Å². The van der Waals surface area contributed by atoms with Crippen LogP contribution in [0.5, 0.6) is 0 Å². The first-order valence-electron chi connectivity index (χ1n) is 4.38. The molecule has 2 aromatic heterocycles. The summed E-state index contributed by atoms with van der Waals surface area (Å²) >= 11 is 1.55. The number of carbonyl (C=O) groups excluding carboxylic acids is 1. The van der Waals surface area contributed by atoms with E-state index in [-0.39, 0.29) is 0 Å². The Morgan fingerprint density at radius 2 is 2.40 bits per heavy atom. The molecule has 1 amide bonds. The highest BCUT2D eigenvalue weighted by molar-refractivity contribution is 7.09. The molecule has 2 N–H and O–H groups in total. The number of hydrogen-bond acceptors (Lipinski definition) is 4. The Bertz CT molecular complexity index is 467. The molecule has 0 radical (unpaired) electrons. The van der Waals surface area contributed by atoms with Gasteiger partial charge in [0.25, 0.3) is 5.91 Å². The second kappa shape index (κ2) is 4.18. The lowest BCUT2D eigenvalue weighted by atomic mass is 10.1. The molecular weight excluding hydrogens is 210 g/mol. The maximum atomic E-state index is 11.1. The summed E-state index contributed by atoms with van der Waals surface area (Å²) in [6.45, 7) is 0. The van der Waals surface area contributed by atoms with E-state index in [1.54, 1.807) is 35.3 Å². The molecule has 0 spiro atoms. The van der Waals surface area contributed by atoms with Crippen molar-refractivity contribution in [2.24, 2.45) is 5.73 Å². The molecule has 0 saturated heterocycles. The average Bonchev–Trinajstić information content (AvgIpc) is 2.71. The van der Waals surface area contributed by atoms with E-state index in [2.05, 4.69) is 9.97 Å². The minimum absolute atomic E-state index is 0.339. The number of primary amides is 1. The summed E-state index contributed by atoms with van der Waals surface area (Å²) in [7, 11) is 0. The van der Waals surface area contributed by atoms with Crippen LogP contribution in [0.4, 0.5) is 0 Å². The van der Waals surface area contributed by atoms with Crippen molar-refractivity contribution < 1.29 is 4.79 Å². The molecule has 0 aliphatic rings. The summed E-state index contributed by atoms with van der Waals surface area (Å²) in [5, 5.41) is 0. The lowest BCUT2D eigenvalue weighted by Gasteiger charge is -2.02. The standard InChI is InChI=1S/C10H9N3OS/c11-10(14)9-7(2-1-3-13-9)4-8-5-12-6-15-8/h1-3,5-6H,4H2,(H2,11,14).